The minimum Gasteiger partial charge on any atom is -0.370 e. The summed E-state index contributed by atoms with van der Waals surface area (Å²) in [7, 11) is 0. The Labute approximate surface area is 120 Å². The Bertz CT molecular complexity index is 580. The van der Waals surface area contributed by atoms with Crippen LogP contribution in [0, 0.1) is 0 Å². The van der Waals surface area contributed by atoms with E-state index in [1.54, 1.807) is 0 Å². The zero-order chi connectivity index (χ0) is 13.8. The molecule has 0 fully saturated rings. The van der Waals surface area contributed by atoms with Gasteiger partial charge in [-0.1, -0.05) is 37.3 Å². The first-order valence-electron chi connectivity index (χ1n) is 7.39. The monoisotopic (exact) mass is 267 g/mol. The highest BCUT2D eigenvalue weighted by atomic mass is 15.1. The van der Waals surface area contributed by atoms with Crippen molar-refractivity contribution >= 4 is 11.6 Å². The van der Waals surface area contributed by atoms with Gasteiger partial charge in [-0.05, 0) is 36.1 Å². The molecule has 1 aliphatic rings. The number of fused-ring (bicyclic) bond motifs is 1. The molecule has 0 saturated carbocycles. The first-order chi connectivity index (χ1) is 9.86. The summed E-state index contributed by atoms with van der Waals surface area (Å²) in [6.07, 6.45) is 2.29. The largest absolute Gasteiger partial charge is 0.370 e. The van der Waals surface area contributed by atoms with Crippen LogP contribution in [-0.2, 0) is 6.42 Å². The van der Waals surface area contributed by atoms with E-state index >= 15 is 0 Å². The third-order valence-electron chi connectivity index (χ3n) is 3.80. The lowest BCUT2D eigenvalue weighted by Gasteiger charge is -2.30. The number of pyridine rings is 1. The van der Waals surface area contributed by atoms with Gasteiger partial charge in [-0.15, -0.1) is 0 Å². The van der Waals surface area contributed by atoms with E-state index in [4.69, 9.17) is 0 Å². The van der Waals surface area contributed by atoms with Gasteiger partial charge in [0.15, 0.2) is 0 Å². The predicted molar refractivity (Wildman–Crippen MR) is 84.4 cm³/mol. The van der Waals surface area contributed by atoms with Gasteiger partial charge < -0.3 is 10.6 Å². The third-order valence-corrected chi connectivity index (χ3v) is 3.80. The number of nitrogens with one attached hydrogen (secondary N) is 2. The second kappa shape index (κ2) is 5.95. The molecule has 1 aromatic carbocycles. The van der Waals surface area contributed by atoms with Crippen LogP contribution in [-0.4, -0.2) is 18.1 Å². The maximum absolute atomic E-state index is 4.57. The minimum absolute atomic E-state index is 0.625. The molecule has 1 heterocycles. The van der Waals surface area contributed by atoms with Crippen molar-refractivity contribution in [2.75, 3.05) is 23.7 Å². The number of aromatic nitrogens is 1. The predicted octanol–water partition coefficient (Wildman–Crippen LogP) is 3.66. The topological polar surface area (TPSA) is 37.0 Å². The van der Waals surface area contributed by atoms with Gasteiger partial charge in [-0.3, -0.25) is 0 Å². The zero-order valence-electron chi connectivity index (χ0n) is 11.9. The average molecular weight is 267 g/mol. The van der Waals surface area contributed by atoms with E-state index in [-0.39, 0.29) is 0 Å². The lowest BCUT2D eigenvalue weighted by Crippen LogP contribution is -2.24. The SMILES string of the molecule is CCCNc1cccc(NCC2Cc3ccccc32)n1. The van der Waals surface area contributed by atoms with E-state index in [0.29, 0.717) is 5.92 Å². The Morgan fingerprint density at radius 3 is 2.65 bits per heavy atom. The molecule has 1 unspecified atom stereocenters. The fraction of sp³-hybridized carbons (Fsp3) is 0.353. The highest BCUT2D eigenvalue weighted by molar-refractivity contribution is 5.47. The first-order valence-corrected chi connectivity index (χ1v) is 7.39. The molecule has 2 N–H and O–H groups in total. The van der Waals surface area contributed by atoms with Crippen LogP contribution in [0.15, 0.2) is 42.5 Å². The summed E-state index contributed by atoms with van der Waals surface area (Å²) in [4.78, 5) is 4.57. The Kier molecular flexibility index (Phi) is 3.86. The van der Waals surface area contributed by atoms with Gasteiger partial charge >= 0.3 is 0 Å². The molecule has 0 radical (unpaired) electrons. The fourth-order valence-corrected chi connectivity index (χ4v) is 2.66. The van der Waals surface area contributed by atoms with Crippen LogP contribution in [0.2, 0.25) is 0 Å². The van der Waals surface area contributed by atoms with Gasteiger partial charge in [0, 0.05) is 19.0 Å². The van der Waals surface area contributed by atoms with Gasteiger partial charge in [0.05, 0.1) is 0 Å². The van der Waals surface area contributed by atoms with Crippen LogP contribution < -0.4 is 10.6 Å². The summed E-state index contributed by atoms with van der Waals surface area (Å²) >= 11 is 0. The van der Waals surface area contributed by atoms with E-state index in [0.717, 1.165) is 31.1 Å². The lowest BCUT2D eigenvalue weighted by atomic mass is 9.77. The maximum Gasteiger partial charge on any atom is 0.128 e. The molecule has 104 valence electrons. The molecule has 1 aliphatic carbocycles. The molecular formula is C17H21N3. The maximum atomic E-state index is 4.57. The minimum atomic E-state index is 0.625. The standard InChI is InChI=1S/C17H21N3/c1-2-10-18-16-8-5-9-17(20-16)19-12-14-11-13-6-3-4-7-15(13)14/h3-9,14H,2,10-12H2,1H3,(H2,18,19,20). The molecule has 0 bridgehead atoms. The summed E-state index contributed by atoms with van der Waals surface area (Å²) < 4.78 is 0. The van der Waals surface area contributed by atoms with Crippen LogP contribution in [0.3, 0.4) is 0 Å². The molecule has 0 amide bonds. The number of benzene rings is 1. The molecule has 0 saturated heterocycles. The highest BCUT2D eigenvalue weighted by Crippen LogP contribution is 2.34. The Morgan fingerprint density at radius 2 is 1.85 bits per heavy atom. The Balaban J connectivity index is 1.57. The van der Waals surface area contributed by atoms with Crippen molar-refractivity contribution in [3.63, 3.8) is 0 Å². The van der Waals surface area contributed by atoms with Crippen LogP contribution in [0.25, 0.3) is 0 Å². The van der Waals surface area contributed by atoms with Crippen molar-refractivity contribution in [1.82, 2.24) is 4.98 Å². The van der Waals surface area contributed by atoms with Crippen molar-refractivity contribution in [3.05, 3.63) is 53.6 Å². The average Bonchev–Trinajstić information content (AvgIpc) is 2.46. The molecule has 0 spiro atoms. The summed E-state index contributed by atoms with van der Waals surface area (Å²) in [6, 6.07) is 14.8. The second-order valence-electron chi connectivity index (χ2n) is 5.32. The van der Waals surface area contributed by atoms with Crippen LogP contribution >= 0.6 is 0 Å². The highest BCUT2D eigenvalue weighted by Gasteiger charge is 2.24. The molecule has 2 aromatic rings. The molecule has 3 rings (SSSR count). The van der Waals surface area contributed by atoms with Gasteiger partial charge in [0.25, 0.3) is 0 Å². The summed E-state index contributed by atoms with van der Waals surface area (Å²) in [5.74, 6) is 2.53. The van der Waals surface area contributed by atoms with Gasteiger partial charge in [-0.25, -0.2) is 4.98 Å². The van der Waals surface area contributed by atoms with Gasteiger partial charge in [0.1, 0.15) is 11.6 Å². The second-order valence-corrected chi connectivity index (χ2v) is 5.32. The molecular weight excluding hydrogens is 246 g/mol. The summed E-state index contributed by atoms with van der Waals surface area (Å²) in [5.41, 5.74) is 2.98. The number of hydrogen-bond donors (Lipinski definition) is 2. The Hall–Kier alpha value is -2.03. The molecule has 20 heavy (non-hydrogen) atoms. The van der Waals surface area contributed by atoms with Crippen molar-refractivity contribution in [2.24, 2.45) is 0 Å². The van der Waals surface area contributed by atoms with Crippen LogP contribution in [0.5, 0.6) is 0 Å². The molecule has 1 atom stereocenters. The van der Waals surface area contributed by atoms with Crippen molar-refractivity contribution in [3.8, 4) is 0 Å². The van der Waals surface area contributed by atoms with Crippen LogP contribution in [0.1, 0.15) is 30.4 Å². The van der Waals surface area contributed by atoms with Gasteiger partial charge in [0.2, 0.25) is 0 Å². The van der Waals surface area contributed by atoms with Crippen molar-refractivity contribution in [1.29, 1.82) is 0 Å². The first kappa shape index (κ1) is 13.0. The normalized spacial score (nSPS) is 16.1. The molecule has 3 nitrogen and oxygen atoms in total. The summed E-state index contributed by atoms with van der Waals surface area (Å²) in [5, 5.41) is 6.77. The molecule has 3 heteroatoms. The van der Waals surface area contributed by atoms with Crippen molar-refractivity contribution < 1.29 is 0 Å². The van der Waals surface area contributed by atoms with Crippen LogP contribution in [0.4, 0.5) is 11.6 Å². The fourth-order valence-electron chi connectivity index (χ4n) is 2.66. The Morgan fingerprint density at radius 1 is 1.05 bits per heavy atom. The number of nitrogens with zero attached hydrogens (tertiary/aromatic N) is 1. The quantitative estimate of drug-likeness (QED) is 0.838. The van der Waals surface area contributed by atoms with E-state index in [1.807, 2.05) is 18.2 Å². The number of anilines is 2. The molecule has 1 aromatic heterocycles. The summed E-state index contributed by atoms with van der Waals surface area (Å²) in [6.45, 7) is 4.08. The number of hydrogen-bond acceptors (Lipinski definition) is 3. The third kappa shape index (κ3) is 2.77. The number of rotatable bonds is 6. The van der Waals surface area contributed by atoms with Gasteiger partial charge in [-0.2, -0.15) is 0 Å². The van der Waals surface area contributed by atoms with E-state index in [9.17, 15) is 0 Å². The van der Waals surface area contributed by atoms with E-state index < -0.39 is 0 Å². The van der Waals surface area contributed by atoms with Crippen molar-refractivity contribution in [2.45, 2.75) is 25.7 Å². The van der Waals surface area contributed by atoms with E-state index in [2.05, 4.69) is 46.8 Å². The zero-order valence-corrected chi connectivity index (χ0v) is 11.9. The smallest absolute Gasteiger partial charge is 0.128 e. The molecule has 0 aliphatic heterocycles. The van der Waals surface area contributed by atoms with E-state index in [1.165, 1.54) is 17.5 Å². The lowest BCUT2D eigenvalue weighted by molar-refractivity contribution is 0.634.